The van der Waals surface area contributed by atoms with Crippen LogP contribution in [-0.2, 0) is 5.60 Å². The van der Waals surface area contributed by atoms with E-state index in [0.717, 1.165) is 24.6 Å². The molecule has 1 atom stereocenters. The zero-order chi connectivity index (χ0) is 16.6. The monoisotopic (exact) mass is 451 g/mol. The summed E-state index contributed by atoms with van der Waals surface area (Å²) in [6.45, 7) is 10.1. The Morgan fingerprint density at radius 2 is 1.78 bits per heavy atom. The van der Waals surface area contributed by atoms with Gasteiger partial charge in [0.15, 0.2) is 5.96 Å². The van der Waals surface area contributed by atoms with E-state index in [1.807, 2.05) is 44.2 Å². The summed E-state index contributed by atoms with van der Waals surface area (Å²) in [6, 6.07) is 9.68. The van der Waals surface area contributed by atoms with Crippen molar-refractivity contribution in [3.8, 4) is 0 Å². The van der Waals surface area contributed by atoms with Gasteiger partial charge in [-0.05, 0) is 39.5 Å². The molecule has 0 heterocycles. The van der Waals surface area contributed by atoms with E-state index in [0.29, 0.717) is 6.54 Å². The molecule has 0 saturated heterocycles. The number of benzene rings is 1. The summed E-state index contributed by atoms with van der Waals surface area (Å²) in [5.41, 5.74) is -0.0465. The Balaban J connectivity index is 0.00000484. The molecule has 4 nitrogen and oxygen atoms in total. The van der Waals surface area contributed by atoms with Crippen LogP contribution in [0.5, 0.6) is 0 Å². The van der Waals surface area contributed by atoms with Crippen molar-refractivity contribution in [1.82, 2.24) is 10.6 Å². The molecule has 6 heteroatoms. The van der Waals surface area contributed by atoms with E-state index in [-0.39, 0.29) is 28.7 Å². The summed E-state index contributed by atoms with van der Waals surface area (Å²) in [5, 5.41) is 17.1. The highest BCUT2D eigenvalue weighted by Crippen LogP contribution is 2.21. The van der Waals surface area contributed by atoms with Crippen molar-refractivity contribution in [3.05, 3.63) is 35.9 Å². The smallest absolute Gasteiger partial charge is 0.191 e. The third-order valence-electron chi connectivity index (χ3n) is 3.51. The lowest BCUT2D eigenvalue weighted by molar-refractivity contribution is 0.0617. The summed E-state index contributed by atoms with van der Waals surface area (Å²) in [6.07, 6.45) is 2.09. The zero-order valence-electron chi connectivity index (χ0n) is 14.7. The summed E-state index contributed by atoms with van der Waals surface area (Å²) < 4.78 is 0.101. The highest BCUT2D eigenvalue weighted by atomic mass is 127. The maximum Gasteiger partial charge on any atom is 0.191 e. The lowest BCUT2D eigenvalue weighted by Crippen LogP contribution is -2.45. The largest absolute Gasteiger partial charge is 0.384 e. The molecule has 1 aromatic rings. The quantitative estimate of drug-likeness (QED) is 0.339. The Kier molecular flexibility index (Phi) is 10.2. The molecule has 1 aromatic carbocycles. The molecule has 0 aromatic heterocycles. The van der Waals surface area contributed by atoms with Crippen molar-refractivity contribution >= 4 is 41.7 Å². The number of guanidine groups is 1. The van der Waals surface area contributed by atoms with Gasteiger partial charge in [0.2, 0.25) is 0 Å². The minimum Gasteiger partial charge on any atom is -0.384 e. The first-order valence-corrected chi connectivity index (χ1v) is 8.88. The van der Waals surface area contributed by atoms with Crippen molar-refractivity contribution in [1.29, 1.82) is 0 Å². The normalized spacial score (nSPS) is 14.6. The number of rotatable bonds is 7. The second kappa shape index (κ2) is 10.4. The van der Waals surface area contributed by atoms with Crippen LogP contribution in [0.1, 0.15) is 33.3 Å². The van der Waals surface area contributed by atoms with Gasteiger partial charge < -0.3 is 15.7 Å². The topological polar surface area (TPSA) is 56.7 Å². The van der Waals surface area contributed by atoms with Crippen molar-refractivity contribution in [2.75, 3.05) is 25.9 Å². The molecular formula is C17H30IN3OS. The second-order valence-corrected chi connectivity index (χ2v) is 7.67. The van der Waals surface area contributed by atoms with E-state index in [1.165, 1.54) is 0 Å². The van der Waals surface area contributed by atoms with E-state index >= 15 is 0 Å². The first-order valence-electron chi connectivity index (χ1n) is 7.66. The molecule has 0 saturated carbocycles. The van der Waals surface area contributed by atoms with Gasteiger partial charge in [0.05, 0.1) is 13.1 Å². The van der Waals surface area contributed by atoms with Crippen LogP contribution in [0.15, 0.2) is 35.3 Å². The number of aliphatic hydroxyl groups is 1. The maximum atomic E-state index is 10.6. The Morgan fingerprint density at radius 3 is 2.30 bits per heavy atom. The van der Waals surface area contributed by atoms with Gasteiger partial charge in [-0.3, -0.25) is 4.99 Å². The molecule has 1 unspecified atom stereocenters. The minimum absolute atomic E-state index is 0. The molecule has 132 valence electrons. The number of thioether (sulfide) groups is 1. The fourth-order valence-corrected chi connectivity index (χ4v) is 2.02. The molecule has 3 N–H and O–H groups in total. The first-order chi connectivity index (χ1) is 10.3. The van der Waals surface area contributed by atoms with Crippen molar-refractivity contribution in [3.63, 3.8) is 0 Å². The number of aliphatic imine (C=N–C) groups is 1. The highest BCUT2D eigenvalue weighted by Gasteiger charge is 2.23. The fraction of sp³-hybridized carbons (Fsp3) is 0.588. The predicted molar refractivity (Wildman–Crippen MR) is 113 cm³/mol. The van der Waals surface area contributed by atoms with Gasteiger partial charge in [0.25, 0.3) is 0 Å². The molecule has 0 spiro atoms. The van der Waals surface area contributed by atoms with Crippen LogP contribution in [0.3, 0.4) is 0 Å². The zero-order valence-corrected chi connectivity index (χ0v) is 17.9. The Hall–Kier alpha value is -0.470. The number of nitrogens with zero attached hydrogens (tertiary/aromatic N) is 1. The lowest BCUT2D eigenvalue weighted by Gasteiger charge is -2.26. The van der Waals surface area contributed by atoms with Crippen molar-refractivity contribution in [2.24, 2.45) is 4.99 Å². The van der Waals surface area contributed by atoms with Crippen LogP contribution in [0.2, 0.25) is 0 Å². The predicted octanol–water partition coefficient (Wildman–Crippen LogP) is 3.21. The van der Waals surface area contributed by atoms with Crippen molar-refractivity contribution < 1.29 is 5.11 Å². The molecule has 0 aliphatic heterocycles. The molecule has 0 aliphatic carbocycles. The van der Waals surface area contributed by atoms with Gasteiger partial charge >= 0.3 is 0 Å². The molecule has 23 heavy (non-hydrogen) atoms. The Bertz CT molecular complexity index is 478. The summed E-state index contributed by atoms with van der Waals surface area (Å²) >= 11 is 1.80. The van der Waals surface area contributed by atoms with Gasteiger partial charge in [-0.25, -0.2) is 0 Å². The van der Waals surface area contributed by atoms with Crippen LogP contribution >= 0.6 is 35.7 Å². The Labute approximate surface area is 162 Å². The Morgan fingerprint density at radius 1 is 1.17 bits per heavy atom. The molecule has 0 aliphatic rings. The lowest BCUT2D eigenvalue weighted by atomic mass is 9.96. The molecule has 0 fully saturated rings. The maximum absolute atomic E-state index is 10.6. The molecule has 0 amide bonds. The number of hydrogen-bond donors (Lipinski definition) is 3. The van der Waals surface area contributed by atoms with Gasteiger partial charge in [-0.15, -0.1) is 24.0 Å². The molecule has 1 rings (SSSR count). The second-order valence-electron chi connectivity index (χ2n) is 6.15. The summed E-state index contributed by atoms with van der Waals surface area (Å²) in [4.78, 5) is 4.62. The van der Waals surface area contributed by atoms with Crippen molar-refractivity contribution in [2.45, 2.75) is 38.0 Å². The van der Waals surface area contributed by atoms with Crippen LogP contribution in [0.4, 0.5) is 0 Å². The molecule has 0 radical (unpaired) electrons. The number of halogens is 1. The van der Waals surface area contributed by atoms with Gasteiger partial charge in [0.1, 0.15) is 5.60 Å². The first kappa shape index (κ1) is 22.5. The van der Waals surface area contributed by atoms with E-state index in [9.17, 15) is 5.11 Å². The molecule has 0 bridgehead atoms. The van der Waals surface area contributed by atoms with Crippen LogP contribution in [-0.4, -0.2) is 41.7 Å². The third kappa shape index (κ3) is 8.26. The fourth-order valence-electron chi connectivity index (χ4n) is 1.83. The van der Waals surface area contributed by atoms with E-state index in [4.69, 9.17) is 0 Å². The number of nitrogens with one attached hydrogen (secondary N) is 2. The number of hydrogen-bond acceptors (Lipinski definition) is 3. The van der Waals surface area contributed by atoms with E-state index in [2.05, 4.69) is 35.7 Å². The average molecular weight is 451 g/mol. The minimum atomic E-state index is -0.938. The van der Waals surface area contributed by atoms with Crippen LogP contribution in [0.25, 0.3) is 0 Å². The average Bonchev–Trinajstić information content (AvgIpc) is 2.51. The third-order valence-corrected chi connectivity index (χ3v) is 4.74. The summed E-state index contributed by atoms with van der Waals surface area (Å²) in [5.74, 6) is 0.737. The highest BCUT2D eigenvalue weighted by molar-refractivity contribution is 14.0. The summed E-state index contributed by atoms with van der Waals surface area (Å²) in [7, 11) is 0. The van der Waals surface area contributed by atoms with Crippen LogP contribution in [0, 0.1) is 0 Å². The SMILES string of the molecule is CCNC(=NCC(C)(C)SC)NCC(C)(O)c1ccccc1.I. The van der Waals surface area contributed by atoms with Gasteiger partial charge in [-0.2, -0.15) is 11.8 Å². The van der Waals surface area contributed by atoms with Crippen LogP contribution < -0.4 is 10.6 Å². The van der Waals surface area contributed by atoms with Gasteiger partial charge in [0, 0.05) is 11.3 Å². The standard InChI is InChI=1S/C17H29N3OS.HI/c1-6-18-15(19-12-16(2,3)22-5)20-13-17(4,21)14-10-8-7-9-11-14;/h7-11,21H,6,12-13H2,1-5H3,(H2,18,19,20);1H. The molecular weight excluding hydrogens is 421 g/mol. The van der Waals surface area contributed by atoms with Gasteiger partial charge in [-0.1, -0.05) is 30.3 Å². The van der Waals surface area contributed by atoms with E-state index < -0.39 is 5.60 Å². The van der Waals surface area contributed by atoms with E-state index in [1.54, 1.807) is 11.8 Å².